The van der Waals surface area contributed by atoms with Crippen LogP contribution in [0, 0.1) is 6.92 Å². The smallest absolute Gasteiger partial charge is 0.179 e. The van der Waals surface area contributed by atoms with Crippen molar-refractivity contribution in [1.29, 1.82) is 0 Å². The monoisotopic (exact) mass is 235 g/mol. The Hall–Kier alpha value is -1.55. The molecule has 2 aromatic heterocycles. The standard InChI is InChI=1S/C11H10ClN3O/c1-7-13-10(12)8-4-5-15(11(8)14-7)9-3-2-6-16-9/h2,4-6,9H,3H2,1H3/t9-/m1/s1. The van der Waals surface area contributed by atoms with Gasteiger partial charge in [-0.05, 0) is 19.1 Å². The van der Waals surface area contributed by atoms with Crippen molar-refractivity contribution in [3.63, 3.8) is 0 Å². The fourth-order valence-electron chi connectivity index (χ4n) is 1.88. The van der Waals surface area contributed by atoms with Crippen molar-refractivity contribution >= 4 is 22.6 Å². The summed E-state index contributed by atoms with van der Waals surface area (Å²) in [4.78, 5) is 8.53. The number of hydrogen-bond acceptors (Lipinski definition) is 3. The van der Waals surface area contributed by atoms with Gasteiger partial charge in [-0.1, -0.05) is 11.6 Å². The molecule has 4 nitrogen and oxygen atoms in total. The van der Waals surface area contributed by atoms with Gasteiger partial charge in [-0.3, -0.25) is 4.57 Å². The van der Waals surface area contributed by atoms with Crippen LogP contribution in [0.2, 0.25) is 5.15 Å². The largest absolute Gasteiger partial charge is 0.478 e. The van der Waals surface area contributed by atoms with Crippen molar-refractivity contribution in [1.82, 2.24) is 14.5 Å². The minimum Gasteiger partial charge on any atom is -0.478 e. The van der Waals surface area contributed by atoms with Gasteiger partial charge < -0.3 is 4.74 Å². The molecule has 1 aliphatic rings. The lowest BCUT2D eigenvalue weighted by atomic mass is 10.4. The molecule has 0 spiro atoms. The van der Waals surface area contributed by atoms with Gasteiger partial charge in [-0.2, -0.15) is 0 Å². The molecule has 0 saturated carbocycles. The van der Waals surface area contributed by atoms with Gasteiger partial charge in [-0.25, -0.2) is 9.97 Å². The highest BCUT2D eigenvalue weighted by Gasteiger charge is 2.17. The molecule has 2 aromatic rings. The van der Waals surface area contributed by atoms with E-state index in [9.17, 15) is 0 Å². The molecule has 16 heavy (non-hydrogen) atoms. The quantitative estimate of drug-likeness (QED) is 0.714. The third-order valence-corrected chi connectivity index (χ3v) is 2.91. The number of ether oxygens (including phenoxy) is 1. The van der Waals surface area contributed by atoms with Gasteiger partial charge in [0.05, 0.1) is 11.6 Å². The van der Waals surface area contributed by atoms with E-state index < -0.39 is 0 Å². The third kappa shape index (κ3) is 1.38. The number of fused-ring (bicyclic) bond motifs is 1. The number of hydrogen-bond donors (Lipinski definition) is 0. The molecule has 1 atom stereocenters. The van der Waals surface area contributed by atoms with Crippen LogP contribution in [0.5, 0.6) is 0 Å². The third-order valence-electron chi connectivity index (χ3n) is 2.62. The fourth-order valence-corrected chi connectivity index (χ4v) is 2.15. The minimum absolute atomic E-state index is 0.0112. The van der Waals surface area contributed by atoms with Crippen molar-refractivity contribution in [3.8, 4) is 0 Å². The summed E-state index contributed by atoms with van der Waals surface area (Å²) in [7, 11) is 0. The van der Waals surface area contributed by atoms with Gasteiger partial charge >= 0.3 is 0 Å². The van der Waals surface area contributed by atoms with Gasteiger partial charge in [-0.15, -0.1) is 0 Å². The summed E-state index contributed by atoms with van der Waals surface area (Å²) in [5, 5.41) is 1.36. The van der Waals surface area contributed by atoms with Gasteiger partial charge in [0.1, 0.15) is 16.6 Å². The molecule has 0 N–H and O–H groups in total. The average molecular weight is 236 g/mol. The average Bonchev–Trinajstić information content (AvgIpc) is 2.83. The second-order valence-corrected chi connectivity index (χ2v) is 4.08. The van der Waals surface area contributed by atoms with E-state index in [0.29, 0.717) is 11.0 Å². The molecular formula is C11H10ClN3O. The van der Waals surface area contributed by atoms with E-state index in [1.54, 1.807) is 6.26 Å². The van der Waals surface area contributed by atoms with Gasteiger partial charge in [0.15, 0.2) is 6.23 Å². The van der Waals surface area contributed by atoms with Crippen LogP contribution in [0.3, 0.4) is 0 Å². The Balaban J connectivity index is 2.18. The summed E-state index contributed by atoms with van der Waals surface area (Å²) in [6.07, 6.45) is 6.48. The number of nitrogens with zero attached hydrogens (tertiary/aromatic N) is 3. The van der Waals surface area contributed by atoms with E-state index in [0.717, 1.165) is 17.5 Å². The van der Waals surface area contributed by atoms with Crippen molar-refractivity contribution < 1.29 is 4.74 Å². The lowest BCUT2D eigenvalue weighted by Gasteiger charge is -2.13. The molecule has 3 rings (SSSR count). The maximum absolute atomic E-state index is 6.06. The maximum Gasteiger partial charge on any atom is 0.179 e. The van der Waals surface area contributed by atoms with Crippen molar-refractivity contribution in [2.24, 2.45) is 0 Å². The molecular weight excluding hydrogens is 226 g/mol. The second-order valence-electron chi connectivity index (χ2n) is 3.72. The second kappa shape index (κ2) is 3.49. The summed E-state index contributed by atoms with van der Waals surface area (Å²) in [6.45, 7) is 1.83. The summed E-state index contributed by atoms with van der Waals surface area (Å²) < 4.78 is 7.45. The van der Waals surface area contributed by atoms with Gasteiger partial charge in [0.25, 0.3) is 0 Å². The highest BCUT2D eigenvalue weighted by Crippen LogP contribution is 2.28. The van der Waals surface area contributed by atoms with Crippen LogP contribution >= 0.6 is 11.6 Å². The molecule has 0 saturated heterocycles. The zero-order chi connectivity index (χ0) is 11.1. The Kier molecular flexibility index (Phi) is 2.11. The van der Waals surface area contributed by atoms with Crippen LogP contribution in [0.4, 0.5) is 0 Å². The molecule has 5 heteroatoms. The van der Waals surface area contributed by atoms with Crippen LogP contribution in [-0.2, 0) is 4.74 Å². The van der Waals surface area contributed by atoms with Crippen LogP contribution < -0.4 is 0 Å². The lowest BCUT2D eigenvalue weighted by Crippen LogP contribution is -2.06. The highest BCUT2D eigenvalue weighted by atomic mass is 35.5. The molecule has 0 radical (unpaired) electrons. The van der Waals surface area contributed by atoms with Crippen LogP contribution in [0.1, 0.15) is 18.5 Å². The van der Waals surface area contributed by atoms with Gasteiger partial charge in [0, 0.05) is 12.6 Å². The Bertz CT molecular complexity index is 568. The number of halogens is 1. The van der Waals surface area contributed by atoms with Gasteiger partial charge in [0.2, 0.25) is 0 Å². The van der Waals surface area contributed by atoms with Crippen molar-refractivity contribution in [2.45, 2.75) is 19.6 Å². The lowest BCUT2D eigenvalue weighted by molar-refractivity contribution is 0.109. The summed E-state index contributed by atoms with van der Waals surface area (Å²) in [5.74, 6) is 0.670. The van der Waals surface area contributed by atoms with E-state index in [-0.39, 0.29) is 6.23 Å². The van der Waals surface area contributed by atoms with E-state index >= 15 is 0 Å². The van der Waals surface area contributed by atoms with E-state index in [1.807, 2.05) is 29.8 Å². The van der Waals surface area contributed by atoms with E-state index in [1.165, 1.54) is 0 Å². The number of rotatable bonds is 1. The summed E-state index contributed by atoms with van der Waals surface area (Å²) in [5.41, 5.74) is 0.825. The molecule has 0 aromatic carbocycles. The first-order valence-electron chi connectivity index (χ1n) is 5.07. The number of aromatic nitrogens is 3. The first-order chi connectivity index (χ1) is 7.75. The Morgan fingerprint density at radius 1 is 1.50 bits per heavy atom. The summed E-state index contributed by atoms with van der Waals surface area (Å²) in [6, 6.07) is 1.92. The molecule has 0 fully saturated rings. The normalized spacial score (nSPS) is 19.2. The Morgan fingerprint density at radius 3 is 3.12 bits per heavy atom. The van der Waals surface area contributed by atoms with Crippen LogP contribution in [0.25, 0.3) is 11.0 Å². The molecule has 0 unspecified atom stereocenters. The zero-order valence-corrected chi connectivity index (χ0v) is 9.48. The highest BCUT2D eigenvalue weighted by molar-refractivity contribution is 6.33. The SMILES string of the molecule is Cc1nc(Cl)c2ccn([C@H]3CC=CO3)c2n1. The fraction of sp³-hybridized carbons (Fsp3) is 0.273. The first-order valence-corrected chi connectivity index (χ1v) is 5.44. The molecule has 82 valence electrons. The van der Waals surface area contributed by atoms with E-state index in [4.69, 9.17) is 16.3 Å². The van der Waals surface area contributed by atoms with Crippen LogP contribution in [-0.4, -0.2) is 14.5 Å². The molecule has 0 amide bonds. The molecule has 1 aliphatic heterocycles. The molecule has 0 bridgehead atoms. The minimum atomic E-state index is -0.0112. The predicted molar refractivity (Wildman–Crippen MR) is 61.2 cm³/mol. The Labute approximate surface area is 97.5 Å². The topological polar surface area (TPSA) is 39.9 Å². The maximum atomic E-state index is 6.06. The molecule has 0 aliphatic carbocycles. The van der Waals surface area contributed by atoms with Crippen LogP contribution in [0.15, 0.2) is 24.6 Å². The Morgan fingerprint density at radius 2 is 2.38 bits per heavy atom. The van der Waals surface area contributed by atoms with Crippen molar-refractivity contribution in [2.75, 3.05) is 0 Å². The van der Waals surface area contributed by atoms with Crippen molar-refractivity contribution in [3.05, 3.63) is 35.6 Å². The number of aryl methyl sites for hydroxylation is 1. The summed E-state index contributed by atoms with van der Waals surface area (Å²) >= 11 is 6.06. The first kappa shape index (κ1) is 9.66. The molecule has 3 heterocycles. The van der Waals surface area contributed by atoms with E-state index in [2.05, 4.69) is 9.97 Å². The zero-order valence-electron chi connectivity index (χ0n) is 8.72. The predicted octanol–water partition coefficient (Wildman–Crippen LogP) is 2.83.